The number of anilines is 9. The predicted octanol–water partition coefficient (Wildman–Crippen LogP) is 37.1. The Labute approximate surface area is 786 Å². The molecule has 0 saturated heterocycles. The fourth-order valence-electron chi connectivity index (χ4n) is 19.1. The van der Waals surface area contributed by atoms with Crippen LogP contribution in [-0.4, -0.2) is 0 Å². The molecule has 0 fully saturated rings. The van der Waals surface area contributed by atoms with Crippen LogP contribution in [-0.2, 0) is 0 Å². The molecule has 0 unspecified atom stereocenters. The topological polar surface area (TPSA) is 49.1 Å². The van der Waals surface area contributed by atoms with Crippen LogP contribution in [0.3, 0.4) is 0 Å². The molecule has 3 heterocycles. The third kappa shape index (κ3) is 16.8. The Morgan fingerprint density at radius 1 is 0.148 bits per heavy atom. The van der Waals surface area contributed by atoms with E-state index in [1.54, 1.807) is 0 Å². The molecule has 0 aliphatic carbocycles. The van der Waals surface area contributed by atoms with E-state index in [1.807, 2.05) is 12.1 Å². The van der Waals surface area contributed by atoms with Crippen LogP contribution in [0.2, 0.25) is 0 Å². The number of nitrogens with zero attached hydrogens (tertiary/aromatic N) is 3. The Kier molecular flexibility index (Phi) is 22.8. The number of rotatable bonds is 18. The second-order valence-electron chi connectivity index (χ2n) is 34.3. The minimum atomic E-state index is 0.886. The van der Waals surface area contributed by atoms with E-state index in [1.165, 1.54) is 77.9 Å². The Hall–Kier alpha value is -17.6. The molecule has 24 rings (SSSR count). The van der Waals surface area contributed by atoms with Crippen molar-refractivity contribution in [1.29, 1.82) is 0 Å². The van der Waals surface area contributed by atoms with E-state index in [0.29, 0.717) is 0 Å². The molecule has 0 saturated carbocycles. The molecule has 0 spiro atoms. The highest BCUT2D eigenvalue weighted by atomic mass is 16.3. The van der Waals surface area contributed by atoms with E-state index < -0.39 is 0 Å². The lowest BCUT2D eigenvalue weighted by atomic mass is 9.94. The van der Waals surface area contributed by atoms with E-state index in [-0.39, 0.29) is 0 Å². The maximum atomic E-state index is 6.81. The first-order valence-corrected chi connectivity index (χ1v) is 46.1. The number of aryl methyl sites for hydroxylation is 3. The number of hydrogen-bond acceptors (Lipinski definition) is 6. The molecule has 642 valence electrons. The van der Waals surface area contributed by atoms with Gasteiger partial charge < -0.3 is 28.0 Å². The summed E-state index contributed by atoms with van der Waals surface area (Å²) in [5, 5.41) is 6.80. The lowest BCUT2D eigenvalue weighted by Crippen LogP contribution is -2.11. The highest BCUT2D eigenvalue weighted by molar-refractivity contribution is 6.15. The molecule has 0 aliphatic rings. The highest BCUT2D eigenvalue weighted by Gasteiger charge is 2.25. The maximum Gasteiger partial charge on any atom is 0.143 e. The normalized spacial score (nSPS) is 11.2. The number of fused-ring (bicyclic) bond motifs is 9. The fourth-order valence-corrected chi connectivity index (χ4v) is 19.1. The van der Waals surface area contributed by atoms with Gasteiger partial charge in [0, 0.05) is 106 Å². The molecular weight excluding hydrogens is 1640 g/mol. The van der Waals surface area contributed by atoms with Crippen LogP contribution in [0.1, 0.15) is 16.7 Å². The van der Waals surface area contributed by atoms with Crippen molar-refractivity contribution in [2.75, 3.05) is 14.7 Å². The third-order valence-electron chi connectivity index (χ3n) is 25.7. The first-order valence-electron chi connectivity index (χ1n) is 46.1. The van der Waals surface area contributed by atoms with Gasteiger partial charge in [-0.2, -0.15) is 0 Å². The van der Waals surface area contributed by atoms with E-state index in [9.17, 15) is 0 Å². The standard InChI is InChI=1S/C48H33NO.C45H35NO.C36H25NO/c1-5-13-34(14-6-1)37-21-26-42(27-22-37)49(41-19-11-4-12-20-41)43-28-23-38(24-29-43)44-32-40(36-17-9-3-10-18-36)33-46-45-31-39(35-15-7-2-8-16-35)25-30-47(45)50-48(44)46;1-30-13-10-16-35(27-30)38-19-11-20-39-40-21-12-22-41(45(40)47-44(38)39)42-28-32(3)43(29-31(42)2)46(36-17-8-5-9-18-36)37-25-23-34(24-26-37)33-14-6-4-7-15-33;1-3-12-26(13-4-1)30-16-7-9-20-34(30)37(28-14-5-2-6-15-28)29-24-22-27(23-25-29)31-18-11-19-33-32-17-8-10-21-35(32)38-36(31)33/h1-33H;4-29H,1-3H3;1-25H. The van der Waals surface area contributed by atoms with Crippen molar-refractivity contribution in [3.63, 3.8) is 0 Å². The van der Waals surface area contributed by atoms with Gasteiger partial charge in [0.1, 0.15) is 33.5 Å². The third-order valence-corrected chi connectivity index (χ3v) is 25.7. The van der Waals surface area contributed by atoms with Crippen LogP contribution < -0.4 is 14.7 Å². The largest absolute Gasteiger partial charge is 0.455 e. The van der Waals surface area contributed by atoms with Crippen LogP contribution in [0.4, 0.5) is 51.2 Å². The van der Waals surface area contributed by atoms with Crippen molar-refractivity contribution in [3.8, 4) is 100 Å². The van der Waals surface area contributed by atoms with E-state index in [2.05, 4.69) is 533 Å². The zero-order chi connectivity index (χ0) is 90.5. The Morgan fingerprint density at radius 2 is 0.474 bits per heavy atom. The van der Waals surface area contributed by atoms with Gasteiger partial charge in [0.05, 0.1) is 5.69 Å². The van der Waals surface area contributed by atoms with Crippen molar-refractivity contribution in [2.45, 2.75) is 20.8 Å². The molecular formula is C129H93N3O3. The molecule has 0 bridgehead atoms. The SMILES string of the molecule is Cc1cccc(-c2cccc3c2oc2c(-c4cc(C)c(N(c5ccccc5)c5ccc(-c6ccccc6)cc5)cc4C)cccc23)c1.c1ccc(-c2ccc(N(c3ccccc3)c3ccc(-c4cc(-c5ccccc5)cc5c4oc4ccc(-c6ccccc6)cc45)cc3)cc2)cc1.c1ccc(-c2ccccc2N(c2ccccc2)c2ccc(-c3cccc4c3oc3ccccc34)cc2)cc1. The number of benzene rings is 21. The van der Waals surface area contributed by atoms with Gasteiger partial charge in [-0.25, -0.2) is 0 Å². The molecule has 135 heavy (non-hydrogen) atoms. The Morgan fingerprint density at radius 3 is 1.01 bits per heavy atom. The quantitative estimate of drug-likeness (QED) is 0.0853. The lowest BCUT2D eigenvalue weighted by molar-refractivity contribution is 0.669. The zero-order valence-electron chi connectivity index (χ0n) is 75.1. The number of hydrogen-bond donors (Lipinski definition) is 0. The molecule has 0 amide bonds. The van der Waals surface area contributed by atoms with Gasteiger partial charge in [0.2, 0.25) is 0 Å². The van der Waals surface area contributed by atoms with Crippen LogP contribution in [0, 0.1) is 20.8 Å². The Bertz CT molecular complexity index is 8310. The summed E-state index contributed by atoms with van der Waals surface area (Å²) in [6.45, 7) is 6.55. The van der Waals surface area contributed by atoms with Crippen molar-refractivity contribution in [2.24, 2.45) is 0 Å². The second kappa shape index (κ2) is 37.1. The summed E-state index contributed by atoms with van der Waals surface area (Å²) in [5.74, 6) is 0. The monoisotopic (exact) mass is 1730 g/mol. The first-order chi connectivity index (χ1) is 66.7. The summed E-state index contributed by atoms with van der Waals surface area (Å²) < 4.78 is 19.8. The molecule has 6 nitrogen and oxygen atoms in total. The summed E-state index contributed by atoms with van der Waals surface area (Å²) in [6, 6.07) is 180. The van der Waals surface area contributed by atoms with E-state index >= 15 is 0 Å². The molecule has 3 aromatic heterocycles. The van der Waals surface area contributed by atoms with E-state index in [0.717, 1.165) is 156 Å². The van der Waals surface area contributed by atoms with Crippen LogP contribution in [0.25, 0.3) is 166 Å². The lowest BCUT2D eigenvalue weighted by Gasteiger charge is -2.28. The van der Waals surface area contributed by atoms with Gasteiger partial charge in [-0.15, -0.1) is 0 Å². The van der Waals surface area contributed by atoms with Gasteiger partial charge in [-0.1, -0.05) is 382 Å². The van der Waals surface area contributed by atoms with Gasteiger partial charge in [-0.05, 0) is 238 Å². The van der Waals surface area contributed by atoms with E-state index in [4.69, 9.17) is 13.3 Å². The van der Waals surface area contributed by atoms with Crippen molar-refractivity contribution < 1.29 is 13.3 Å². The smallest absolute Gasteiger partial charge is 0.143 e. The zero-order valence-corrected chi connectivity index (χ0v) is 75.1. The number of para-hydroxylation sites is 8. The summed E-state index contributed by atoms with van der Waals surface area (Å²) in [6.07, 6.45) is 0. The number of furan rings is 3. The minimum absolute atomic E-state index is 0.886. The van der Waals surface area contributed by atoms with Gasteiger partial charge in [0.25, 0.3) is 0 Å². The van der Waals surface area contributed by atoms with Gasteiger partial charge in [0.15, 0.2) is 0 Å². The molecule has 0 N–H and O–H groups in total. The van der Waals surface area contributed by atoms with Crippen LogP contribution in [0.15, 0.2) is 523 Å². The Balaban J connectivity index is 0.000000119. The maximum absolute atomic E-state index is 6.81. The highest BCUT2D eigenvalue weighted by Crippen LogP contribution is 2.49. The first kappa shape index (κ1) is 83.1. The molecule has 0 aliphatic heterocycles. The van der Waals surface area contributed by atoms with Crippen LogP contribution >= 0.6 is 0 Å². The van der Waals surface area contributed by atoms with Crippen LogP contribution in [0.5, 0.6) is 0 Å². The fraction of sp³-hybridized carbons (Fsp3) is 0.0233. The molecule has 21 aromatic carbocycles. The molecule has 0 radical (unpaired) electrons. The molecule has 24 aromatic rings. The summed E-state index contributed by atoms with van der Waals surface area (Å²) in [4.78, 5) is 6.99. The summed E-state index contributed by atoms with van der Waals surface area (Å²) >= 11 is 0. The van der Waals surface area contributed by atoms with Gasteiger partial charge >= 0.3 is 0 Å². The van der Waals surface area contributed by atoms with Crippen molar-refractivity contribution in [3.05, 3.63) is 526 Å². The molecule has 6 heteroatoms. The average molecular weight is 1730 g/mol. The summed E-state index contributed by atoms with van der Waals surface area (Å²) in [5.41, 5.74) is 40.0. The average Bonchev–Trinajstić information content (AvgIpc) is 1.62. The second-order valence-corrected chi connectivity index (χ2v) is 34.3. The summed E-state index contributed by atoms with van der Waals surface area (Å²) in [7, 11) is 0. The van der Waals surface area contributed by atoms with Gasteiger partial charge in [-0.3, -0.25) is 0 Å². The van der Waals surface area contributed by atoms with Crippen molar-refractivity contribution in [1.82, 2.24) is 0 Å². The minimum Gasteiger partial charge on any atom is -0.455 e. The van der Waals surface area contributed by atoms with Crippen molar-refractivity contribution >= 4 is 117 Å². The predicted molar refractivity (Wildman–Crippen MR) is 568 cm³/mol. The molecule has 0 atom stereocenters.